The highest BCUT2D eigenvalue weighted by Gasteiger charge is 2.46. The molecule has 1 aliphatic rings. The molecule has 0 unspecified atom stereocenters. The quantitative estimate of drug-likeness (QED) is 0.417. The molecule has 1 aliphatic carbocycles. The van der Waals surface area contributed by atoms with E-state index in [1.54, 1.807) is 24.3 Å². The number of hydrogen-bond donors (Lipinski definition) is 2. The smallest absolute Gasteiger partial charge is 0.115 e. The summed E-state index contributed by atoms with van der Waals surface area (Å²) in [5.74, 6) is 0.501. The third-order valence-electron chi connectivity index (χ3n) is 5.88. The minimum atomic E-state index is -0.501. The minimum Gasteiger partial charge on any atom is -0.508 e. The Morgan fingerprint density at radius 1 is 0.571 bits per heavy atom. The molecule has 0 saturated carbocycles. The van der Waals surface area contributed by atoms with Crippen LogP contribution in [0.15, 0.2) is 91.0 Å². The van der Waals surface area contributed by atoms with Crippen LogP contribution in [0.2, 0.25) is 0 Å². The lowest BCUT2D eigenvalue weighted by molar-refractivity contribution is 0.475. The van der Waals surface area contributed by atoms with Crippen molar-refractivity contribution in [2.45, 2.75) is 12.3 Å². The van der Waals surface area contributed by atoms with E-state index in [9.17, 15) is 10.2 Å². The molecule has 0 fully saturated rings. The van der Waals surface area contributed by atoms with Gasteiger partial charge in [-0.3, -0.25) is 0 Å². The average Bonchev–Trinajstić information content (AvgIpc) is 3.02. The normalized spacial score (nSPS) is 13.8. The lowest BCUT2D eigenvalue weighted by Crippen LogP contribution is -2.28. The van der Waals surface area contributed by atoms with Gasteiger partial charge in [-0.15, -0.1) is 0 Å². The lowest BCUT2D eigenvalue weighted by Gasteiger charge is -2.34. The van der Waals surface area contributed by atoms with Crippen LogP contribution in [0.5, 0.6) is 11.5 Å². The molecule has 0 aliphatic heterocycles. The van der Waals surface area contributed by atoms with E-state index in [1.165, 1.54) is 27.8 Å². The fourth-order valence-electron chi connectivity index (χ4n) is 4.72. The first-order valence-corrected chi connectivity index (χ1v) is 9.41. The maximum Gasteiger partial charge on any atom is 0.115 e. The van der Waals surface area contributed by atoms with Gasteiger partial charge in [0.05, 0.1) is 5.41 Å². The summed E-state index contributed by atoms with van der Waals surface area (Å²) in [6, 6.07) is 30.0. The number of phenolic OH excluding ortho intramolecular Hbond substituents is 2. The largest absolute Gasteiger partial charge is 0.508 e. The lowest BCUT2D eigenvalue weighted by atomic mass is 9.67. The number of aryl methyl sites for hydroxylation is 1. The molecule has 4 aromatic carbocycles. The van der Waals surface area contributed by atoms with Crippen LogP contribution in [-0.2, 0) is 5.41 Å². The Bertz CT molecular complexity index is 1130. The van der Waals surface area contributed by atoms with Gasteiger partial charge in [-0.05, 0) is 70.1 Å². The Morgan fingerprint density at radius 3 is 1.71 bits per heavy atom. The Kier molecular flexibility index (Phi) is 3.56. The molecule has 0 saturated heterocycles. The van der Waals surface area contributed by atoms with E-state index in [2.05, 4.69) is 49.4 Å². The van der Waals surface area contributed by atoms with Crippen molar-refractivity contribution in [1.82, 2.24) is 0 Å². The van der Waals surface area contributed by atoms with Crippen molar-refractivity contribution in [3.63, 3.8) is 0 Å². The van der Waals surface area contributed by atoms with Crippen LogP contribution < -0.4 is 0 Å². The molecule has 0 radical (unpaired) electrons. The third-order valence-corrected chi connectivity index (χ3v) is 5.88. The Balaban J connectivity index is 1.97. The molecule has 2 heteroatoms. The predicted molar refractivity (Wildman–Crippen MR) is 112 cm³/mol. The van der Waals surface area contributed by atoms with Crippen molar-refractivity contribution in [1.29, 1.82) is 0 Å². The topological polar surface area (TPSA) is 40.5 Å². The first-order valence-electron chi connectivity index (χ1n) is 9.41. The highest BCUT2D eigenvalue weighted by Crippen LogP contribution is 2.56. The summed E-state index contributed by atoms with van der Waals surface area (Å²) in [6.07, 6.45) is 0. The molecule has 0 spiro atoms. The molecule has 28 heavy (non-hydrogen) atoms. The average molecular weight is 364 g/mol. The van der Waals surface area contributed by atoms with Gasteiger partial charge in [-0.1, -0.05) is 66.7 Å². The van der Waals surface area contributed by atoms with Crippen molar-refractivity contribution < 1.29 is 10.2 Å². The molecule has 2 nitrogen and oxygen atoms in total. The molecule has 136 valence electrons. The maximum absolute atomic E-state index is 9.89. The molecule has 5 rings (SSSR count). The number of benzene rings is 4. The third kappa shape index (κ3) is 2.15. The number of hydrogen-bond acceptors (Lipinski definition) is 2. The maximum atomic E-state index is 9.89. The van der Waals surface area contributed by atoms with Gasteiger partial charge < -0.3 is 10.2 Å². The van der Waals surface area contributed by atoms with Crippen molar-refractivity contribution in [2.75, 3.05) is 0 Å². The first kappa shape index (κ1) is 16.6. The van der Waals surface area contributed by atoms with Crippen molar-refractivity contribution in [3.8, 4) is 22.6 Å². The van der Waals surface area contributed by atoms with Gasteiger partial charge in [0.15, 0.2) is 0 Å². The second-order valence-electron chi connectivity index (χ2n) is 7.39. The molecule has 0 aromatic heterocycles. The second-order valence-corrected chi connectivity index (χ2v) is 7.39. The SMILES string of the molecule is Cc1cccc2c1-c1ccccc1C2(c1ccc(O)cc1)c1ccc(O)cc1. The summed E-state index contributed by atoms with van der Waals surface area (Å²) in [5, 5.41) is 19.8. The highest BCUT2D eigenvalue weighted by molar-refractivity contribution is 5.88. The van der Waals surface area contributed by atoms with Crippen molar-refractivity contribution in [3.05, 3.63) is 119 Å². The summed E-state index contributed by atoms with van der Waals surface area (Å²) in [6.45, 7) is 2.15. The van der Waals surface area contributed by atoms with E-state index < -0.39 is 5.41 Å². The number of fused-ring (bicyclic) bond motifs is 3. The number of aromatic hydroxyl groups is 2. The van der Waals surface area contributed by atoms with E-state index in [4.69, 9.17) is 0 Å². The second kappa shape index (κ2) is 6.00. The summed E-state index contributed by atoms with van der Waals surface area (Å²) in [4.78, 5) is 0. The van der Waals surface area contributed by atoms with Crippen molar-refractivity contribution in [2.24, 2.45) is 0 Å². The monoisotopic (exact) mass is 364 g/mol. The Hall–Kier alpha value is -3.52. The zero-order valence-electron chi connectivity index (χ0n) is 15.6. The van der Waals surface area contributed by atoms with Crippen LogP contribution in [-0.4, -0.2) is 10.2 Å². The molecular formula is C26H20O2. The molecule has 4 aromatic rings. The van der Waals surface area contributed by atoms with E-state index in [0.29, 0.717) is 0 Å². The molecule has 0 amide bonds. The van der Waals surface area contributed by atoms with Gasteiger partial charge in [0.1, 0.15) is 11.5 Å². The van der Waals surface area contributed by atoms with Crippen LogP contribution in [0, 0.1) is 6.92 Å². The molecular weight excluding hydrogens is 344 g/mol. The van der Waals surface area contributed by atoms with Crippen LogP contribution in [0.4, 0.5) is 0 Å². The molecule has 0 bridgehead atoms. The standard InChI is InChI=1S/C26H20O2/c1-17-5-4-8-24-25(17)22-6-2-3-7-23(22)26(24,18-9-13-20(27)14-10-18)19-11-15-21(28)16-12-19/h2-16,27-28H,1H3. The van der Waals surface area contributed by atoms with Crippen LogP contribution in [0.3, 0.4) is 0 Å². The van der Waals surface area contributed by atoms with Gasteiger partial charge in [0.25, 0.3) is 0 Å². The highest BCUT2D eigenvalue weighted by atomic mass is 16.3. The van der Waals surface area contributed by atoms with Crippen LogP contribution >= 0.6 is 0 Å². The molecule has 0 atom stereocenters. The number of rotatable bonds is 2. The zero-order chi connectivity index (χ0) is 19.3. The number of phenols is 2. The summed E-state index contributed by atoms with van der Waals surface area (Å²) < 4.78 is 0. The molecule has 0 heterocycles. The van der Waals surface area contributed by atoms with E-state index >= 15 is 0 Å². The minimum absolute atomic E-state index is 0.250. The fraction of sp³-hybridized carbons (Fsp3) is 0.0769. The zero-order valence-corrected chi connectivity index (χ0v) is 15.6. The summed E-state index contributed by atoms with van der Waals surface area (Å²) in [7, 11) is 0. The predicted octanol–water partition coefficient (Wildman–Crippen LogP) is 5.77. The first-order chi connectivity index (χ1) is 13.6. The fourth-order valence-corrected chi connectivity index (χ4v) is 4.72. The van der Waals surface area contributed by atoms with Gasteiger partial charge in [0.2, 0.25) is 0 Å². The van der Waals surface area contributed by atoms with E-state index in [-0.39, 0.29) is 11.5 Å². The van der Waals surface area contributed by atoms with Gasteiger partial charge in [-0.25, -0.2) is 0 Å². The van der Waals surface area contributed by atoms with Gasteiger partial charge in [-0.2, -0.15) is 0 Å². The van der Waals surface area contributed by atoms with E-state index in [0.717, 1.165) is 11.1 Å². The molecule has 2 N–H and O–H groups in total. The Labute approximate surface area is 164 Å². The van der Waals surface area contributed by atoms with Gasteiger partial charge >= 0.3 is 0 Å². The van der Waals surface area contributed by atoms with Crippen LogP contribution in [0.25, 0.3) is 11.1 Å². The summed E-state index contributed by atoms with van der Waals surface area (Å²) in [5.41, 5.74) is 7.86. The van der Waals surface area contributed by atoms with E-state index in [1.807, 2.05) is 24.3 Å². The van der Waals surface area contributed by atoms with Crippen LogP contribution in [0.1, 0.15) is 27.8 Å². The summed E-state index contributed by atoms with van der Waals surface area (Å²) >= 11 is 0. The van der Waals surface area contributed by atoms with Gasteiger partial charge in [0, 0.05) is 0 Å². The Morgan fingerprint density at radius 2 is 1.11 bits per heavy atom. The van der Waals surface area contributed by atoms with Crippen molar-refractivity contribution >= 4 is 0 Å².